The summed E-state index contributed by atoms with van der Waals surface area (Å²) in [5.74, 6) is -3.77. The second kappa shape index (κ2) is 7.38. The number of rotatable bonds is 4. The molecule has 0 radical (unpaired) electrons. The van der Waals surface area contributed by atoms with Crippen LogP contribution in [0.4, 0.5) is 18.9 Å². The van der Waals surface area contributed by atoms with Crippen molar-refractivity contribution in [1.82, 2.24) is 15.5 Å². The van der Waals surface area contributed by atoms with E-state index in [0.29, 0.717) is 5.69 Å². The maximum atomic E-state index is 12.8. The van der Waals surface area contributed by atoms with Crippen molar-refractivity contribution in [3.05, 3.63) is 29.3 Å². The predicted molar refractivity (Wildman–Crippen MR) is 97.6 cm³/mol. The van der Waals surface area contributed by atoms with Gasteiger partial charge in [-0.15, -0.1) is 0 Å². The van der Waals surface area contributed by atoms with Gasteiger partial charge in [0.15, 0.2) is 0 Å². The monoisotopic (exact) mass is 424 g/mol. The number of benzene rings is 1. The first kappa shape index (κ1) is 20.3. The summed E-state index contributed by atoms with van der Waals surface area (Å²) >= 11 is 0. The molecule has 160 valence electrons. The second-order valence-corrected chi connectivity index (χ2v) is 7.67. The summed E-state index contributed by atoms with van der Waals surface area (Å²) in [5, 5.41) is 7.95. The van der Waals surface area contributed by atoms with Gasteiger partial charge < -0.3 is 10.6 Å². The number of halogens is 3. The van der Waals surface area contributed by atoms with Gasteiger partial charge in [-0.1, -0.05) is 0 Å². The molecule has 3 atom stereocenters. The topological polar surface area (TPSA) is 108 Å². The molecule has 0 aromatic heterocycles. The number of hydrogen-bond donors (Lipinski definition) is 3. The molecule has 0 bridgehead atoms. The molecule has 1 unspecified atom stereocenters. The molecule has 0 saturated carbocycles. The molecule has 2 fully saturated rings. The van der Waals surface area contributed by atoms with Gasteiger partial charge in [-0.3, -0.25) is 29.4 Å². The van der Waals surface area contributed by atoms with Gasteiger partial charge in [0.25, 0.3) is 11.8 Å². The molecule has 8 nitrogen and oxygen atoms in total. The normalized spacial score (nSPS) is 26.8. The Kier molecular flexibility index (Phi) is 5.00. The molecule has 11 heteroatoms. The summed E-state index contributed by atoms with van der Waals surface area (Å²) in [6.07, 6.45) is -4.18. The Hall–Kier alpha value is -2.95. The zero-order valence-electron chi connectivity index (χ0n) is 15.7. The quantitative estimate of drug-likeness (QED) is 0.624. The lowest BCUT2D eigenvalue weighted by atomic mass is 10.0. The first-order valence-electron chi connectivity index (χ1n) is 9.54. The van der Waals surface area contributed by atoms with Crippen molar-refractivity contribution in [2.24, 2.45) is 5.92 Å². The average Bonchev–Trinajstić information content (AvgIpc) is 3.25. The van der Waals surface area contributed by atoms with Crippen molar-refractivity contribution in [2.45, 2.75) is 37.5 Å². The first-order valence-corrected chi connectivity index (χ1v) is 9.54. The van der Waals surface area contributed by atoms with Crippen LogP contribution in [0.15, 0.2) is 18.2 Å². The minimum Gasteiger partial charge on any atom is -0.383 e. The Morgan fingerprint density at radius 3 is 2.50 bits per heavy atom. The van der Waals surface area contributed by atoms with Gasteiger partial charge in [-0.05, 0) is 31.0 Å². The van der Waals surface area contributed by atoms with Crippen molar-refractivity contribution in [3.63, 3.8) is 0 Å². The number of amides is 4. The first-order chi connectivity index (χ1) is 14.1. The summed E-state index contributed by atoms with van der Waals surface area (Å²) in [7, 11) is 0. The van der Waals surface area contributed by atoms with Gasteiger partial charge in [0.05, 0.1) is 17.0 Å². The Morgan fingerprint density at radius 1 is 1.10 bits per heavy atom. The van der Waals surface area contributed by atoms with Crippen molar-refractivity contribution in [2.75, 3.05) is 18.4 Å². The fraction of sp³-hybridized carbons (Fsp3) is 0.474. The molecule has 1 aromatic carbocycles. The van der Waals surface area contributed by atoms with Crippen LogP contribution < -0.4 is 16.0 Å². The van der Waals surface area contributed by atoms with E-state index in [4.69, 9.17) is 0 Å². The van der Waals surface area contributed by atoms with Crippen LogP contribution >= 0.6 is 0 Å². The SMILES string of the molecule is O=C1CCC(N2C(=O)c3ccc(NC[C@@H]4C[C@H](C(F)(F)F)CN4)cc3C2=O)C(=O)N1. The van der Waals surface area contributed by atoms with E-state index in [2.05, 4.69) is 16.0 Å². The number of nitrogens with zero attached hydrogens (tertiary/aromatic N) is 1. The molecule has 1 aromatic rings. The molecule has 3 N–H and O–H groups in total. The third kappa shape index (κ3) is 3.64. The largest absolute Gasteiger partial charge is 0.393 e. The van der Waals surface area contributed by atoms with Gasteiger partial charge in [0, 0.05) is 31.2 Å². The minimum atomic E-state index is -4.23. The van der Waals surface area contributed by atoms with Crippen LogP contribution in [0.25, 0.3) is 0 Å². The van der Waals surface area contributed by atoms with E-state index >= 15 is 0 Å². The van der Waals surface area contributed by atoms with Gasteiger partial charge in [0.2, 0.25) is 11.8 Å². The van der Waals surface area contributed by atoms with Gasteiger partial charge in [-0.2, -0.15) is 13.2 Å². The summed E-state index contributed by atoms with van der Waals surface area (Å²) in [5.41, 5.74) is 0.742. The Labute approximate surface area is 169 Å². The minimum absolute atomic E-state index is 0.0317. The lowest BCUT2D eigenvalue weighted by molar-refractivity contribution is -0.169. The number of fused-ring (bicyclic) bond motifs is 1. The van der Waals surface area contributed by atoms with Crippen LogP contribution in [0.3, 0.4) is 0 Å². The van der Waals surface area contributed by atoms with Crippen LogP contribution in [-0.2, 0) is 9.59 Å². The molecule has 3 aliphatic heterocycles. The zero-order chi connectivity index (χ0) is 21.6. The highest BCUT2D eigenvalue weighted by Crippen LogP contribution is 2.33. The molecule has 4 rings (SSSR count). The number of alkyl halides is 3. The standard InChI is InChI=1S/C19H19F3N4O4/c20-19(21,22)9-5-11(23-7-9)8-24-10-1-2-12-13(6-10)18(30)26(17(12)29)14-3-4-15(27)25-16(14)28/h1-2,6,9,11,14,23-24H,3-5,7-8H2,(H,25,27,28)/t9-,11-,14?/m0/s1. The molecule has 4 amide bonds. The van der Waals surface area contributed by atoms with Crippen molar-refractivity contribution < 1.29 is 32.3 Å². The number of carbonyl (C=O) groups is 4. The summed E-state index contributed by atoms with van der Waals surface area (Å²) < 4.78 is 38.4. The summed E-state index contributed by atoms with van der Waals surface area (Å²) in [4.78, 5) is 49.7. The number of carbonyl (C=O) groups excluding carboxylic acids is 4. The molecule has 3 aliphatic rings. The number of imide groups is 2. The zero-order valence-corrected chi connectivity index (χ0v) is 15.7. The fourth-order valence-corrected chi connectivity index (χ4v) is 4.05. The lowest BCUT2D eigenvalue weighted by Gasteiger charge is -2.27. The number of piperidine rings is 1. The molecule has 0 aliphatic carbocycles. The van der Waals surface area contributed by atoms with E-state index in [-0.39, 0.29) is 49.5 Å². The van der Waals surface area contributed by atoms with Crippen LogP contribution in [0, 0.1) is 5.92 Å². The number of hydrogen-bond acceptors (Lipinski definition) is 6. The predicted octanol–water partition coefficient (Wildman–Crippen LogP) is 1.04. The second-order valence-electron chi connectivity index (χ2n) is 7.67. The third-order valence-electron chi connectivity index (χ3n) is 5.68. The van der Waals surface area contributed by atoms with Crippen LogP contribution in [-0.4, -0.2) is 59.9 Å². The molecule has 30 heavy (non-hydrogen) atoms. The maximum Gasteiger partial charge on any atom is 0.393 e. The highest BCUT2D eigenvalue weighted by molar-refractivity contribution is 6.23. The summed E-state index contributed by atoms with van der Waals surface area (Å²) in [6.45, 7) is 0.0955. The van der Waals surface area contributed by atoms with E-state index in [1.807, 2.05) is 0 Å². The van der Waals surface area contributed by atoms with E-state index < -0.39 is 41.8 Å². The Balaban J connectivity index is 1.44. The molecular weight excluding hydrogens is 405 g/mol. The van der Waals surface area contributed by atoms with E-state index in [9.17, 15) is 32.3 Å². The lowest BCUT2D eigenvalue weighted by Crippen LogP contribution is -2.54. The maximum absolute atomic E-state index is 12.8. The molecule has 0 spiro atoms. The van der Waals surface area contributed by atoms with Crippen molar-refractivity contribution in [1.29, 1.82) is 0 Å². The van der Waals surface area contributed by atoms with Crippen molar-refractivity contribution in [3.8, 4) is 0 Å². The molecule has 3 heterocycles. The van der Waals surface area contributed by atoms with E-state index in [1.54, 1.807) is 6.07 Å². The highest BCUT2D eigenvalue weighted by Gasteiger charge is 2.45. The van der Waals surface area contributed by atoms with Gasteiger partial charge >= 0.3 is 6.18 Å². The van der Waals surface area contributed by atoms with Gasteiger partial charge in [-0.25, -0.2) is 0 Å². The van der Waals surface area contributed by atoms with Crippen LogP contribution in [0.5, 0.6) is 0 Å². The van der Waals surface area contributed by atoms with Crippen LogP contribution in [0.2, 0.25) is 0 Å². The van der Waals surface area contributed by atoms with Gasteiger partial charge in [0.1, 0.15) is 6.04 Å². The smallest absolute Gasteiger partial charge is 0.383 e. The van der Waals surface area contributed by atoms with Crippen molar-refractivity contribution >= 4 is 29.3 Å². The third-order valence-corrected chi connectivity index (χ3v) is 5.68. The Morgan fingerprint density at radius 2 is 1.83 bits per heavy atom. The molecular formula is C19H19F3N4O4. The summed E-state index contributed by atoms with van der Waals surface area (Å²) in [6, 6.07) is 3.05. The van der Waals surface area contributed by atoms with E-state index in [0.717, 1.165) is 4.90 Å². The Bertz CT molecular complexity index is 933. The molecule has 2 saturated heterocycles. The number of nitrogens with one attached hydrogen (secondary N) is 3. The number of anilines is 1. The van der Waals surface area contributed by atoms with E-state index in [1.165, 1.54) is 12.1 Å². The fourth-order valence-electron chi connectivity index (χ4n) is 4.05. The average molecular weight is 424 g/mol. The highest BCUT2D eigenvalue weighted by atomic mass is 19.4. The van der Waals surface area contributed by atoms with Crippen LogP contribution in [0.1, 0.15) is 40.0 Å².